The molecule has 12 heavy (non-hydrogen) atoms. The first-order chi connectivity index (χ1) is 5.59. The van der Waals surface area contributed by atoms with Gasteiger partial charge in [0.2, 0.25) is 0 Å². The van der Waals surface area contributed by atoms with Crippen molar-refractivity contribution in [3.63, 3.8) is 0 Å². The highest BCUT2D eigenvalue weighted by Crippen LogP contribution is 2.25. The lowest BCUT2D eigenvalue weighted by Crippen LogP contribution is -2.20. The van der Waals surface area contributed by atoms with Gasteiger partial charge in [-0.05, 0) is 28.1 Å². The lowest BCUT2D eigenvalue weighted by atomic mass is 10.2. The summed E-state index contributed by atoms with van der Waals surface area (Å²) in [6.07, 6.45) is 0. The van der Waals surface area contributed by atoms with E-state index < -0.39 is 13.1 Å². The lowest BCUT2D eigenvalue weighted by molar-refractivity contribution is 0.287. The molecule has 1 aromatic carbocycles. The normalized spacial score (nSPS) is 9.67. The summed E-state index contributed by atoms with van der Waals surface area (Å²) in [5.74, 6) is -0.459. The van der Waals surface area contributed by atoms with E-state index in [0.717, 1.165) is 6.07 Å². The van der Waals surface area contributed by atoms with E-state index >= 15 is 0 Å². The van der Waals surface area contributed by atoms with Crippen molar-refractivity contribution in [2.45, 2.75) is 0 Å². The van der Waals surface area contributed by atoms with Crippen molar-refractivity contribution in [2.24, 2.45) is 0 Å². The van der Waals surface area contributed by atoms with Gasteiger partial charge in [0.05, 0.1) is 4.47 Å². The van der Waals surface area contributed by atoms with Gasteiger partial charge in [-0.1, -0.05) is 0 Å². The molecule has 0 aliphatic rings. The Labute approximate surface area is 77.1 Å². The molecule has 0 aliphatic carbocycles. The van der Waals surface area contributed by atoms with Crippen molar-refractivity contribution in [3.8, 4) is 5.75 Å². The Morgan fingerprint density at radius 3 is 2.67 bits per heavy atom. The summed E-state index contributed by atoms with van der Waals surface area (Å²) in [7, 11) is -1.94. The number of hydrogen-bond acceptors (Lipinski definition) is 3. The van der Waals surface area contributed by atoms with Crippen LogP contribution in [0.2, 0.25) is 0 Å². The third-order valence-corrected chi connectivity index (χ3v) is 1.78. The molecule has 0 saturated heterocycles. The topological polar surface area (TPSA) is 49.7 Å². The third kappa shape index (κ3) is 2.47. The van der Waals surface area contributed by atoms with Crippen molar-refractivity contribution in [1.82, 2.24) is 0 Å². The summed E-state index contributed by atoms with van der Waals surface area (Å²) in [6, 6.07) is 3.68. The molecule has 1 aromatic rings. The quantitative estimate of drug-likeness (QED) is 0.749. The molecule has 0 spiro atoms. The summed E-state index contributed by atoms with van der Waals surface area (Å²) in [4.78, 5) is 0. The first-order valence-corrected chi connectivity index (χ1v) is 3.87. The van der Waals surface area contributed by atoms with Gasteiger partial charge in [0.1, 0.15) is 11.6 Å². The van der Waals surface area contributed by atoms with Crippen molar-refractivity contribution in [1.29, 1.82) is 0 Å². The first-order valence-electron chi connectivity index (χ1n) is 3.07. The minimum atomic E-state index is -1.94. The fourth-order valence-corrected chi connectivity index (χ4v) is 1.02. The highest BCUT2D eigenvalue weighted by atomic mass is 79.9. The molecule has 6 heteroatoms. The van der Waals surface area contributed by atoms with Gasteiger partial charge in [0, 0.05) is 6.07 Å². The van der Waals surface area contributed by atoms with E-state index in [2.05, 4.69) is 20.6 Å². The number of hydrogen-bond donors (Lipinski definition) is 2. The Kier molecular flexibility index (Phi) is 3.08. The summed E-state index contributed by atoms with van der Waals surface area (Å²) in [5, 5.41) is 16.8. The maximum Gasteiger partial charge on any atom is 0.707 e. The van der Waals surface area contributed by atoms with Crippen LogP contribution in [0.3, 0.4) is 0 Å². The van der Waals surface area contributed by atoms with Crippen LogP contribution in [0, 0.1) is 5.82 Å². The van der Waals surface area contributed by atoms with Crippen molar-refractivity contribution >= 4 is 23.3 Å². The smallest absolute Gasteiger partial charge is 0.511 e. The number of benzene rings is 1. The molecule has 3 nitrogen and oxygen atoms in total. The second-order valence-corrected chi connectivity index (χ2v) is 2.87. The van der Waals surface area contributed by atoms with E-state index in [9.17, 15) is 4.39 Å². The average Bonchev–Trinajstić information content (AvgIpc) is 1.96. The highest BCUT2D eigenvalue weighted by Gasteiger charge is 2.13. The minimum Gasteiger partial charge on any atom is -0.511 e. The van der Waals surface area contributed by atoms with Crippen molar-refractivity contribution in [3.05, 3.63) is 28.5 Å². The van der Waals surface area contributed by atoms with Crippen LogP contribution in [-0.2, 0) is 0 Å². The largest absolute Gasteiger partial charge is 0.707 e. The van der Waals surface area contributed by atoms with Crippen LogP contribution in [-0.4, -0.2) is 17.4 Å². The second kappa shape index (κ2) is 3.89. The Morgan fingerprint density at radius 1 is 1.42 bits per heavy atom. The minimum absolute atomic E-state index is 0.0463. The molecule has 0 radical (unpaired) electrons. The average molecular weight is 235 g/mol. The molecule has 0 heterocycles. The molecule has 2 N–H and O–H groups in total. The second-order valence-electron chi connectivity index (χ2n) is 2.02. The zero-order valence-corrected chi connectivity index (χ0v) is 7.45. The summed E-state index contributed by atoms with van der Waals surface area (Å²) < 4.78 is 17.4. The molecule has 0 amide bonds. The Hall–Kier alpha value is -0.585. The zero-order valence-electron chi connectivity index (χ0n) is 5.87. The van der Waals surface area contributed by atoms with E-state index in [1.165, 1.54) is 12.1 Å². The predicted octanol–water partition coefficient (Wildman–Crippen LogP) is 0.936. The lowest BCUT2D eigenvalue weighted by Gasteiger charge is -2.05. The molecule has 1 rings (SSSR count). The van der Waals surface area contributed by atoms with Crippen LogP contribution in [0.4, 0.5) is 4.39 Å². The molecule has 0 aliphatic heterocycles. The van der Waals surface area contributed by atoms with Crippen LogP contribution < -0.4 is 4.65 Å². The molecular weight excluding hydrogens is 230 g/mol. The molecule has 0 atom stereocenters. The highest BCUT2D eigenvalue weighted by molar-refractivity contribution is 9.10. The molecule has 0 unspecified atom stereocenters. The Bertz CT molecular complexity index is 281. The van der Waals surface area contributed by atoms with Gasteiger partial charge in [0.25, 0.3) is 0 Å². The van der Waals surface area contributed by atoms with E-state index in [0.29, 0.717) is 4.47 Å². The van der Waals surface area contributed by atoms with Crippen LogP contribution >= 0.6 is 15.9 Å². The molecule has 0 aromatic heterocycles. The van der Waals surface area contributed by atoms with Gasteiger partial charge < -0.3 is 14.7 Å². The monoisotopic (exact) mass is 234 g/mol. The molecule has 0 saturated carbocycles. The number of halogens is 2. The van der Waals surface area contributed by atoms with Gasteiger partial charge >= 0.3 is 7.32 Å². The predicted molar refractivity (Wildman–Crippen MR) is 44.9 cm³/mol. The van der Waals surface area contributed by atoms with Gasteiger partial charge in [-0.15, -0.1) is 0 Å². The summed E-state index contributed by atoms with van der Waals surface area (Å²) in [5.41, 5.74) is 0. The van der Waals surface area contributed by atoms with Gasteiger partial charge in [-0.2, -0.15) is 0 Å². The van der Waals surface area contributed by atoms with Gasteiger partial charge in [-0.25, -0.2) is 4.39 Å². The van der Waals surface area contributed by atoms with Gasteiger partial charge in [-0.3, -0.25) is 0 Å². The summed E-state index contributed by atoms with van der Waals surface area (Å²) in [6.45, 7) is 0. The Balaban J connectivity index is 2.90. The zero-order chi connectivity index (χ0) is 9.14. The van der Waals surface area contributed by atoms with Crippen LogP contribution in [0.25, 0.3) is 0 Å². The van der Waals surface area contributed by atoms with Crippen LogP contribution in [0.15, 0.2) is 22.7 Å². The maximum atomic E-state index is 12.5. The third-order valence-electron chi connectivity index (χ3n) is 1.13. The van der Waals surface area contributed by atoms with Crippen LogP contribution in [0.5, 0.6) is 5.75 Å². The number of rotatable bonds is 2. The molecule has 0 fully saturated rings. The van der Waals surface area contributed by atoms with Gasteiger partial charge in [0.15, 0.2) is 0 Å². The van der Waals surface area contributed by atoms with Crippen LogP contribution in [0.1, 0.15) is 0 Å². The molecular formula is C6H5BBrFO3. The van der Waals surface area contributed by atoms with Crippen molar-refractivity contribution in [2.75, 3.05) is 0 Å². The van der Waals surface area contributed by atoms with E-state index in [4.69, 9.17) is 10.0 Å². The summed E-state index contributed by atoms with van der Waals surface area (Å²) >= 11 is 3.05. The molecule has 64 valence electrons. The van der Waals surface area contributed by atoms with E-state index in [1.54, 1.807) is 0 Å². The molecule has 0 bridgehead atoms. The first kappa shape index (κ1) is 9.50. The standard InChI is InChI=1S/C6H5BBrFO3/c8-5-2-1-4(9)3-6(5)12-7(10)11/h1-3,10-11H. The van der Waals surface area contributed by atoms with E-state index in [1.807, 2.05) is 0 Å². The fraction of sp³-hybridized carbons (Fsp3) is 0. The van der Waals surface area contributed by atoms with E-state index in [-0.39, 0.29) is 5.75 Å². The Morgan fingerprint density at radius 2 is 2.08 bits per heavy atom. The SMILES string of the molecule is OB(O)Oc1cc(F)ccc1Br. The maximum absolute atomic E-state index is 12.5. The fourth-order valence-electron chi connectivity index (χ4n) is 0.681. The van der Waals surface area contributed by atoms with Crippen molar-refractivity contribution < 1.29 is 19.1 Å².